The van der Waals surface area contributed by atoms with Gasteiger partial charge in [-0.3, -0.25) is 4.90 Å². The lowest BCUT2D eigenvalue weighted by Crippen LogP contribution is -2.32. The zero-order valence-corrected chi connectivity index (χ0v) is 13.3. The number of hydrogen-bond acceptors (Lipinski definition) is 3. The van der Waals surface area contributed by atoms with Crippen LogP contribution in [0, 0.1) is 5.92 Å². The SMILES string of the molecule is CC1c2ccccc2-n2nncc2CN1CC1CCCCC1. The zero-order chi connectivity index (χ0) is 14.9. The van der Waals surface area contributed by atoms with Crippen LogP contribution >= 0.6 is 0 Å². The maximum absolute atomic E-state index is 4.31. The summed E-state index contributed by atoms with van der Waals surface area (Å²) in [4.78, 5) is 2.62. The lowest BCUT2D eigenvalue weighted by molar-refractivity contribution is 0.150. The summed E-state index contributed by atoms with van der Waals surface area (Å²) < 4.78 is 2.02. The standard InChI is InChI=1S/C18H24N4/c1-14-17-9-5-6-10-18(17)22-16(11-19-20-22)13-21(14)12-15-7-3-2-4-8-15/h5-6,9-11,14-15H,2-4,7-8,12-13H2,1H3. The van der Waals surface area contributed by atoms with Gasteiger partial charge in [-0.15, -0.1) is 5.10 Å². The molecule has 0 radical (unpaired) electrons. The summed E-state index contributed by atoms with van der Waals surface area (Å²) in [6.07, 6.45) is 8.94. The first kappa shape index (κ1) is 13.9. The number of benzene rings is 1. The van der Waals surface area contributed by atoms with Crippen molar-refractivity contribution in [2.45, 2.75) is 51.6 Å². The van der Waals surface area contributed by atoms with Crippen molar-refractivity contribution in [1.82, 2.24) is 19.9 Å². The van der Waals surface area contributed by atoms with Gasteiger partial charge in [0.1, 0.15) is 0 Å². The molecule has 1 saturated carbocycles. The van der Waals surface area contributed by atoms with Gasteiger partial charge < -0.3 is 0 Å². The first-order chi connectivity index (χ1) is 10.8. The molecular weight excluding hydrogens is 272 g/mol. The van der Waals surface area contributed by atoms with Crippen LogP contribution in [0.2, 0.25) is 0 Å². The molecule has 1 fully saturated rings. The van der Waals surface area contributed by atoms with E-state index in [9.17, 15) is 0 Å². The fraction of sp³-hybridized carbons (Fsp3) is 0.556. The average molecular weight is 296 g/mol. The minimum Gasteiger partial charge on any atom is -0.290 e. The Labute approximate surface area is 132 Å². The Kier molecular flexibility index (Phi) is 3.70. The van der Waals surface area contributed by atoms with Gasteiger partial charge in [0.2, 0.25) is 0 Å². The molecule has 4 rings (SSSR count). The van der Waals surface area contributed by atoms with Gasteiger partial charge in [-0.2, -0.15) is 0 Å². The van der Waals surface area contributed by atoms with Crippen molar-refractivity contribution >= 4 is 0 Å². The molecule has 0 spiro atoms. The molecule has 1 aliphatic carbocycles. The van der Waals surface area contributed by atoms with E-state index < -0.39 is 0 Å². The van der Waals surface area contributed by atoms with Crippen molar-refractivity contribution in [2.24, 2.45) is 5.92 Å². The molecule has 1 aromatic carbocycles. The first-order valence-corrected chi connectivity index (χ1v) is 8.56. The fourth-order valence-corrected chi connectivity index (χ4v) is 4.07. The predicted octanol–water partition coefficient (Wildman–Crippen LogP) is 3.72. The lowest BCUT2D eigenvalue weighted by Gasteiger charge is -2.33. The van der Waals surface area contributed by atoms with E-state index in [1.807, 2.05) is 10.9 Å². The van der Waals surface area contributed by atoms with E-state index in [0.717, 1.165) is 12.5 Å². The molecule has 0 amide bonds. The molecule has 1 unspecified atom stereocenters. The summed E-state index contributed by atoms with van der Waals surface area (Å²) in [6, 6.07) is 9.06. The van der Waals surface area contributed by atoms with E-state index in [-0.39, 0.29) is 0 Å². The Morgan fingerprint density at radius 3 is 2.82 bits per heavy atom. The third-order valence-corrected chi connectivity index (χ3v) is 5.37. The number of aromatic nitrogens is 3. The largest absolute Gasteiger partial charge is 0.290 e. The Morgan fingerprint density at radius 2 is 1.95 bits per heavy atom. The van der Waals surface area contributed by atoms with Crippen LogP contribution in [0.4, 0.5) is 0 Å². The Balaban J connectivity index is 1.67. The van der Waals surface area contributed by atoms with Crippen LogP contribution in [-0.2, 0) is 6.54 Å². The number of nitrogens with zero attached hydrogens (tertiary/aromatic N) is 4. The summed E-state index contributed by atoms with van der Waals surface area (Å²) in [7, 11) is 0. The highest BCUT2D eigenvalue weighted by Gasteiger charge is 2.28. The van der Waals surface area contributed by atoms with E-state index in [1.54, 1.807) is 0 Å². The van der Waals surface area contributed by atoms with Crippen molar-refractivity contribution < 1.29 is 0 Å². The van der Waals surface area contributed by atoms with Crippen LogP contribution in [0.25, 0.3) is 5.69 Å². The van der Waals surface area contributed by atoms with Gasteiger partial charge in [-0.25, -0.2) is 4.68 Å². The third kappa shape index (κ3) is 2.45. The first-order valence-electron chi connectivity index (χ1n) is 8.56. The van der Waals surface area contributed by atoms with E-state index in [1.165, 1.54) is 55.6 Å². The smallest absolute Gasteiger partial charge is 0.0786 e. The third-order valence-electron chi connectivity index (χ3n) is 5.37. The molecule has 4 nitrogen and oxygen atoms in total. The van der Waals surface area contributed by atoms with E-state index in [0.29, 0.717) is 6.04 Å². The second-order valence-corrected chi connectivity index (χ2v) is 6.81. The molecule has 0 saturated heterocycles. The van der Waals surface area contributed by atoms with Crippen LogP contribution in [0.1, 0.15) is 56.3 Å². The van der Waals surface area contributed by atoms with Crippen LogP contribution in [0.15, 0.2) is 30.5 Å². The van der Waals surface area contributed by atoms with Gasteiger partial charge in [0.25, 0.3) is 0 Å². The van der Waals surface area contributed by atoms with E-state index in [2.05, 4.69) is 46.4 Å². The minimum absolute atomic E-state index is 0.430. The number of hydrogen-bond donors (Lipinski definition) is 0. The summed E-state index contributed by atoms with van der Waals surface area (Å²) >= 11 is 0. The number of rotatable bonds is 2. The van der Waals surface area contributed by atoms with Gasteiger partial charge in [0, 0.05) is 19.1 Å². The topological polar surface area (TPSA) is 34.0 Å². The van der Waals surface area contributed by atoms with Crippen molar-refractivity contribution in [3.05, 3.63) is 41.7 Å². The van der Waals surface area contributed by atoms with Crippen molar-refractivity contribution in [2.75, 3.05) is 6.54 Å². The molecule has 1 aliphatic heterocycles. The monoisotopic (exact) mass is 296 g/mol. The minimum atomic E-state index is 0.430. The van der Waals surface area contributed by atoms with E-state index in [4.69, 9.17) is 0 Å². The number of para-hydroxylation sites is 1. The average Bonchev–Trinajstić information content (AvgIpc) is 2.99. The molecule has 2 aliphatic rings. The summed E-state index contributed by atoms with van der Waals surface area (Å²) in [5.74, 6) is 0.853. The maximum Gasteiger partial charge on any atom is 0.0786 e. The second kappa shape index (κ2) is 5.84. The summed E-state index contributed by atoms with van der Waals surface area (Å²) in [5.41, 5.74) is 3.75. The van der Waals surface area contributed by atoms with Crippen LogP contribution in [0.3, 0.4) is 0 Å². The number of fused-ring (bicyclic) bond motifs is 3. The quantitative estimate of drug-likeness (QED) is 0.847. The molecule has 4 heteroatoms. The van der Waals surface area contributed by atoms with Crippen molar-refractivity contribution in [3.8, 4) is 5.69 Å². The molecule has 0 bridgehead atoms. The second-order valence-electron chi connectivity index (χ2n) is 6.81. The predicted molar refractivity (Wildman–Crippen MR) is 86.8 cm³/mol. The highest BCUT2D eigenvalue weighted by Crippen LogP contribution is 2.34. The Bertz CT molecular complexity index is 642. The maximum atomic E-state index is 4.31. The highest BCUT2D eigenvalue weighted by molar-refractivity contribution is 5.44. The van der Waals surface area contributed by atoms with Gasteiger partial charge >= 0.3 is 0 Å². The van der Waals surface area contributed by atoms with Gasteiger partial charge in [-0.05, 0) is 37.3 Å². The summed E-state index contributed by atoms with van der Waals surface area (Å²) in [6.45, 7) is 4.47. The molecule has 1 atom stereocenters. The molecular formula is C18H24N4. The Hall–Kier alpha value is -1.68. The van der Waals surface area contributed by atoms with Crippen LogP contribution < -0.4 is 0 Å². The van der Waals surface area contributed by atoms with Gasteiger partial charge in [-0.1, -0.05) is 42.7 Å². The highest BCUT2D eigenvalue weighted by atomic mass is 15.4. The molecule has 116 valence electrons. The van der Waals surface area contributed by atoms with Crippen LogP contribution in [0.5, 0.6) is 0 Å². The van der Waals surface area contributed by atoms with Crippen LogP contribution in [-0.4, -0.2) is 26.4 Å². The fourth-order valence-electron chi connectivity index (χ4n) is 4.07. The van der Waals surface area contributed by atoms with Crippen molar-refractivity contribution in [1.29, 1.82) is 0 Å². The molecule has 22 heavy (non-hydrogen) atoms. The molecule has 1 aromatic heterocycles. The Morgan fingerprint density at radius 1 is 1.14 bits per heavy atom. The molecule has 2 heterocycles. The van der Waals surface area contributed by atoms with Gasteiger partial charge in [0.15, 0.2) is 0 Å². The van der Waals surface area contributed by atoms with Crippen molar-refractivity contribution in [3.63, 3.8) is 0 Å². The molecule has 0 N–H and O–H groups in total. The normalized spacial score (nSPS) is 22.9. The van der Waals surface area contributed by atoms with Gasteiger partial charge in [0.05, 0.1) is 17.6 Å². The zero-order valence-electron chi connectivity index (χ0n) is 13.3. The van der Waals surface area contributed by atoms with E-state index >= 15 is 0 Å². The molecule has 2 aromatic rings. The summed E-state index contributed by atoms with van der Waals surface area (Å²) in [5, 5.41) is 8.45. The lowest BCUT2D eigenvalue weighted by atomic mass is 9.88.